The van der Waals surface area contributed by atoms with E-state index in [9.17, 15) is 39.8 Å². The first-order valence-electron chi connectivity index (χ1n) is 27.0. The molecule has 0 aromatic rings. The molecule has 0 radical (unpaired) electrons. The van der Waals surface area contributed by atoms with Crippen molar-refractivity contribution in [3.8, 4) is 0 Å². The lowest BCUT2D eigenvalue weighted by Gasteiger charge is -2.41. The maximum absolute atomic E-state index is 12.9. The molecular formula is C59H95O12P. The summed E-state index contributed by atoms with van der Waals surface area (Å²) in [5.41, 5.74) is 0. The maximum atomic E-state index is 12.9. The highest BCUT2D eigenvalue weighted by Gasteiger charge is 2.51. The van der Waals surface area contributed by atoms with Gasteiger partial charge in [0.25, 0.3) is 0 Å². The second-order valence-corrected chi connectivity index (χ2v) is 19.4. The van der Waals surface area contributed by atoms with Crippen LogP contribution in [-0.4, -0.2) is 98.9 Å². The van der Waals surface area contributed by atoms with E-state index in [4.69, 9.17) is 18.5 Å². The molecule has 6 atom stereocenters. The van der Waals surface area contributed by atoms with Crippen LogP contribution in [0.15, 0.2) is 134 Å². The molecule has 0 aromatic heterocycles. The van der Waals surface area contributed by atoms with Crippen LogP contribution in [-0.2, 0) is 27.9 Å². The number of hydrogen-bond acceptors (Lipinski definition) is 11. The van der Waals surface area contributed by atoms with E-state index in [-0.39, 0.29) is 13.0 Å². The van der Waals surface area contributed by atoms with Gasteiger partial charge in [-0.05, 0) is 109 Å². The Balaban J connectivity index is 2.38. The van der Waals surface area contributed by atoms with Crippen molar-refractivity contribution >= 4 is 13.8 Å². The van der Waals surface area contributed by atoms with Crippen LogP contribution in [0.1, 0.15) is 168 Å². The van der Waals surface area contributed by atoms with E-state index in [1.165, 1.54) is 0 Å². The van der Waals surface area contributed by atoms with Crippen molar-refractivity contribution in [1.29, 1.82) is 0 Å². The fourth-order valence-electron chi connectivity index (χ4n) is 7.33. The molecule has 0 aliphatic heterocycles. The van der Waals surface area contributed by atoms with E-state index in [0.29, 0.717) is 13.0 Å². The second kappa shape index (κ2) is 47.2. The predicted molar refractivity (Wildman–Crippen MR) is 294 cm³/mol. The van der Waals surface area contributed by atoms with Gasteiger partial charge in [0.05, 0.1) is 13.2 Å². The normalized spacial score (nSPS) is 21.7. The van der Waals surface area contributed by atoms with Gasteiger partial charge in [0, 0.05) is 13.0 Å². The highest BCUT2D eigenvalue weighted by Crippen LogP contribution is 2.47. The number of esters is 1. The molecule has 408 valence electrons. The zero-order chi connectivity index (χ0) is 52.6. The molecule has 72 heavy (non-hydrogen) atoms. The van der Waals surface area contributed by atoms with Gasteiger partial charge in [0.1, 0.15) is 42.7 Å². The van der Waals surface area contributed by atoms with Crippen LogP contribution in [0.2, 0.25) is 0 Å². The molecular weight excluding hydrogens is 932 g/mol. The molecule has 0 spiro atoms. The first kappa shape index (κ1) is 66.5. The van der Waals surface area contributed by atoms with E-state index in [1.807, 2.05) is 0 Å². The number of ether oxygens (including phenoxy) is 2. The minimum atomic E-state index is -5.05. The monoisotopic (exact) mass is 1030 g/mol. The van der Waals surface area contributed by atoms with Gasteiger partial charge in [0.15, 0.2) is 0 Å². The number of aliphatic hydroxyl groups excluding tert-OH is 5. The molecule has 1 aliphatic carbocycles. The molecule has 1 fully saturated rings. The van der Waals surface area contributed by atoms with Gasteiger partial charge in [-0.3, -0.25) is 13.8 Å². The summed E-state index contributed by atoms with van der Waals surface area (Å²) < 4.78 is 34.3. The summed E-state index contributed by atoms with van der Waals surface area (Å²) >= 11 is 0. The van der Waals surface area contributed by atoms with E-state index in [1.54, 1.807) is 0 Å². The fourth-order valence-corrected chi connectivity index (χ4v) is 8.30. The zero-order valence-electron chi connectivity index (χ0n) is 43.9. The lowest BCUT2D eigenvalue weighted by Crippen LogP contribution is -2.64. The lowest BCUT2D eigenvalue weighted by molar-refractivity contribution is -0.220. The Morgan fingerprint density at radius 2 is 0.778 bits per heavy atom. The third kappa shape index (κ3) is 38.1. The largest absolute Gasteiger partial charge is 0.472 e. The quantitative estimate of drug-likeness (QED) is 0.0147. The van der Waals surface area contributed by atoms with E-state index < -0.39 is 63.1 Å². The molecule has 0 heterocycles. The van der Waals surface area contributed by atoms with Crippen molar-refractivity contribution < 1.29 is 58.3 Å². The van der Waals surface area contributed by atoms with Crippen LogP contribution in [0, 0.1) is 0 Å². The smallest absolute Gasteiger partial charge is 0.457 e. The van der Waals surface area contributed by atoms with Crippen molar-refractivity contribution in [2.75, 3.05) is 19.8 Å². The van der Waals surface area contributed by atoms with Crippen LogP contribution in [0.25, 0.3) is 0 Å². The number of phosphoric ester groups is 1. The maximum Gasteiger partial charge on any atom is 0.472 e. The first-order chi connectivity index (χ1) is 35.0. The Kier molecular flexibility index (Phi) is 43.6. The number of hydrogen-bond donors (Lipinski definition) is 6. The fraction of sp³-hybridized carbons (Fsp3) is 0.610. The van der Waals surface area contributed by atoms with E-state index in [0.717, 1.165) is 141 Å². The Bertz CT molecular complexity index is 1690. The Morgan fingerprint density at radius 1 is 0.444 bits per heavy atom. The molecule has 6 N–H and O–H groups in total. The van der Waals surface area contributed by atoms with Gasteiger partial charge in [-0.15, -0.1) is 0 Å². The lowest BCUT2D eigenvalue weighted by atomic mass is 9.85. The number of phosphoric acid groups is 1. The minimum Gasteiger partial charge on any atom is -0.457 e. The summed E-state index contributed by atoms with van der Waals surface area (Å²) in [6.45, 7) is 3.93. The Morgan fingerprint density at radius 3 is 1.18 bits per heavy atom. The molecule has 12 nitrogen and oxygen atoms in total. The third-order valence-electron chi connectivity index (χ3n) is 11.5. The number of rotatable bonds is 44. The SMILES string of the molecule is CC/C=C\C/C=C\C/C=C\C/C=C\C/C=C\C/C=C\CCCCCOCC(COP(=O)(O)OC1C(O)C(O)C(O)C(O)C1O)OC(=O)CCCCCCCCC/C=C\C/C=C\C/C=C\C/C=C\C/C=C\CC. The summed E-state index contributed by atoms with van der Waals surface area (Å²) in [6, 6.07) is 0. The number of carbonyl (C=O) groups excluding carboxylic acids is 1. The highest BCUT2D eigenvalue weighted by atomic mass is 31.2. The molecule has 1 aliphatic rings. The number of unbranched alkanes of at least 4 members (excludes halogenated alkanes) is 10. The van der Waals surface area contributed by atoms with Crippen LogP contribution >= 0.6 is 7.82 Å². The second-order valence-electron chi connectivity index (χ2n) is 18.0. The molecule has 0 aromatic carbocycles. The van der Waals surface area contributed by atoms with Crippen molar-refractivity contribution in [2.45, 2.75) is 211 Å². The molecule has 13 heteroatoms. The standard InChI is InChI=1S/C59H95O12P/c1-3-5-7-9-11-13-15-17-19-21-23-25-27-28-30-32-34-36-38-40-42-44-46-48-53(60)70-52(51-69-72(66,67)71-59-57(64)55(62)54(61)56(63)58(59)65)50-68-49-47-45-43-41-39-37-35-33-31-29-26-24-22-20-18-16-14-12-10-8-6-4-2/h5-8,11-14,17-20,23-26,28,30-31,33,37,39,52,54-59,61-65H,3-4,9-10,15-16,21-22,27,29,32,34-36,38,40-51H2,1-2H3,(H,66,67)/b7-5-,8-6-,13-11-,14-12-,19-17-,20-18-,25-23-,26-24-,30-28-,33-31-,39-37-. The van der Waals surface area contributed by atoms with Crippen LogP contribution in [0.5, 0.6) is 0 Å². The topological polar surface area (TPSA) is 192 Å². The zero-order valence-corrected chi connectivity index (χ0v) is 44.8. The van der Waals surface area contributed by atoms with Gasteiger partial charge in [-0.25, -0.2) is 4.57 Å². The average Bonchev–Trinajstić information content (AvgIpc) is 3.37. The third-order valence-corrected chi connectivity index (χ3v) is 12.5. The van der Waals surface area contributed by atoms with Crippen molar-refractivity contribution in [3.63, 3.8) is 0 Å². The van der Waals surface area contributed by atoms with Gasteiger partial charge < -0.3 is 39.9 Å². The first-order valence-corrected chi connectivity index (χ1v) is 28.5. The molecule has 1 saturated carbocycles. The van der Waals surface area contributed by atoms with Crippen molar-refractivity contribution in [2.24, 2.45) is 0 Å². The molecule has 6 unspecified atom stereocenters. The Hall–Kier alpha value is -3.52. The minimum absolute atomic E-state index is 0.114. The van der Waals surface area contributed by atoms with Gasteiger partial charge in [-0.1, -0.05) is 186 Å². The van der Waals surface area contributed by atoms with E-state index >= 15 is 0 Å². The van der Waals surface area contributed by atoms with E-state index in [2.05, 4.69) is 148 Å². The highest BCUT2D eigenvalue weighted by molar-refractivity contribution is 7.47. The van der Waals surface area contributed by atoms with Crippen LogP contribution < -0.4 is 0 Å². The average molecular weight is 1030 g/mol. The summed E-state index contributed by atoms with van der Waals surface area (Å²) in [4.78, 5) is 23.3. The van der Waals surface area contributed by atoms with Crippen molar-refractivity contribution in [3.05, 3.63) is 134 Å². The van der Waals surface area contributed by atoms with Gasteiger partial charge >= 0.3 is 13.8 Å². The number of allylic oxidation sites excluding steroid dienone is 22. The molecule has 1 rings (SSSR count). The summed E-state index contributed by atoms with van der Waals surface area (Å²) in [6.07, 6.45) is 57.9. The number of carbonyl (C=O) groups is 1. The summed E-state index contributed by atoms with van der Waals surface area (Å²) in [5, 5.41) is 50.4. The summed E-state index contributed by atoms with van der Waals surface area (Å²) in [5.74, 6) is -0.507. The van der Waals surface area contributed by atoms with Gasteiger partial charge in [-0.2, -0.15) is 0 Å². The Labute approximate surface area is 434 Å². The summed E-state index contributed by atoms with van der Waals surface area (Å²) in [7, 11) is -5.05. The number of aliphatic hydroxyl groups is 5. The van der Waals surface area contributed by atoms with Crippen LogP contribution in [0.3, 0.4) is 0 Å². The van der Waals surface area contributed by atoms with Crippen molar-refractivity contribution in [1.82, 2.24) is 0 Å². The molecule has 0 bridgehead atoms. The molecule has 0 saturated heterocycles. The predicted octanol–water partition coefficient (Wildman–Crippen LogP) is 12.8. The molecule has 0 amide bonds. The van der Waals surface area contributed by atoms with Crippen LogP contribution in [0.4, 0.5) is 0 Å². The van der Waals surface area contributed by atoms with Gasteiger partial charge in [0.2, 0.25) is 0 Å².